The largest absolute Gasteiger partial charge is 0.355 e. The van der Waals surface area contributed by atoms with Crippen molar-refractivity contribution in [1.82, 2.24) is 10.6 Å². The van der Waals surface area contributed by atoms with E-state index in [4.69, 9.17) is 0 Å². The fourth-order valence-electron chi connectivity index (χ4n) is 1.30. The molecule has 1 heterocycles. The van der Waals surface area contributed by atoms with Crippen LogP contribution in [0.1, 0.15) is 20.3 Å². The summed E-state index contributed by atoms with van der Waals surface area (Å²) in [5, 5.41) is 6.09. The summed E-state index contributed by atoms with van der Waals surface area (Å²) in [4.78, 5) is 11.3. The maximum atomic E-state index is 11.3. The van der Waals surface area contributed by atoms with Gasteiger partial charge in [0.05, 0.1) is 6.04 Å². The van der Waals surface area contributed by atoms with Crippen LogP contribution >= 0.6 is 0 Å². The monoisotopic (exact) mass is 156 g/mol. The molecular formula is C8H16N2O. The summed E-state index contributed by atoms with van der Waals surface area (Å²) in [6, 6.07) is 0.0116. The summed E-state index contributed by atoms with van der Waals surface area (Å²) >= 11 is 0. The van der Waals surface area contributed by atoms with Crippen molar-refractivity contribution in [2.75, 3.05) is 13.1 Å². The van der Waals surface area contributed by atoms with Crippen molar-refractivity contribution in [1.29, 1.82) is 0 Å². The second-order valence-corrected chi connectivity index (χ2v) is 3.32. The first-order chi connectivity index (χ1) is 5.22. The van der Waals surface area contributed by atoms with E-state index in [0.717, 1.165) is 19.5 Å². The molecule has 0 spiro atoms. The predicted octanol–water partition coefficient (Wildman–Crippen LogP) is 0.120. The minimum absolute atomic E-state index is 0.0116. The minimum atomic E-state index is 0.0116. The lowest BCUT2D eigenvalue weighted by molar-refractivity contribution is -0.123. The second-order valence-electron chi connectivity index (χ2n) is 3.32. The highest BCUT2D eigenvalue weighted by molar-refractivity contribution is 5.82. The SMILES string of the molecule is CC(C)[C@H]1NCCCNC1=O. The van der Waals surface area contributed by atoms with E-state index in [9.17, 15) is 4.79 Å². The number of carbonyl (C=O) groups excluding carboxylic acids is 1. The molecule has 0 aliphatic carbocycles. The zero-order valence-electron chi connectivity index (χ0n) is 7.18. The molecule has 11 heavy (non-hydrogen) atoms. The molecule has 1 aliphatic rings. The van der Waals surface area contributed by atoms with Gasteiger partial charge in [-0.15, -0.1) is 0 Å². The van der Waals surface area contributed by atoms with Crippen molar-refractivity contribution in [2.24, 2.45) is 5.92 Å². The van der Waals surface area contributed by atoms with Gasteiger partial charge in [-0.1, -0.05) is 13.8 Å². The molecular weight excluding hydrogens is 140 g/mol. The Balaban J connectivity index is 2.52. The van der Waals surface area contributed by atoms with E-state index >= 15 is 0 Å². The average Bonchev–Trinajstić information content (AvgIpc) is 2.13. The van der Waals surface area contributed by atoms with Crippen LogP contribution in [-0.2, 0) is 4.79 Å². The molecule has 0 bridgehead atoms. The van der Waals surface area contributed by atoms with Crippen LogP contribution in [0, 0.1) is 5.92 Å². The van der Waals surface area contributed by atoms with Crippen LogP contribution in [0.3, 0.4) is 0 Å². The van der Waals surface area contributed by atoms with Crippen molar-refractivity contribution in [2.45, 2.75) is 26.3 Å². The molecule has 64 valence electrons. The van der Waals surface area contributed by atoms with Crippen molar-refractivity contribution in [3.63, 3.8) is 0 Å². The van der Waals surface area contributed by atoms with Crippen LogP contribution < -0.4 is 10.6 Å². The van der Waals surface area contributed by atoms with E-state index in [1.807, 2.05) is 0 Å². The third kappa shape index (κ3) is 2.19. The fraction of sp³-hybridized carbons (Fsp3) is 0.875. The maximum absolute atomic E-state index is 11.3. The first-order valence-corrected chi connectivity index (χ1v) is 4.23. The fourth-order valence-corrected chi connectivity index (χ4v) is 1.30. The van der Waals surface area contributed by atoms with Gasteiger partial charge in [-0.2, -0.15) is 0 Å². The van der Waals surface area contributed by atoms with Crippen molar-refractivity contribution in [3.8, 4) is 0 Å². The Morgan fingerprint density at radius 1 is 1.45 bits per heavy atom. The molecule has 0 aromatic carbocycles. The van der Waals surface area contributed by atoms with E-state index in [1.54, 1.807) is 0 Å². The normalized spacial score (nSPS) is 26.5. The van der Waals surface area contributed by atoms with Gasteiger partial charge in [-0.3, -0.25) is 4.79 Å². The molecule has 1 fully saturated rings. The highest BCUT2D eigenvalue weighted by atomic mass is 16.2. The van der Waals surface area contributed by atoms with Gasteiger partial charge in [0.25, 0.3) is 0 Å². The zero-order chi connectivity index (χ0) is 8.27. The molecule has 1 atom stereocenters. The Kier molecular flexibility index (Phi) is 2.88. The summed E-state index contributed by atoms with van der Waals surface area (Å²) < 4.78 is 0. The second kappa shape index (κ2) is 3.72. The molecule has 2 N–H and O–H groups in total. The van der Waals surface area contributed by atoms with Crippen LogP contribution in [0.25, 0.3) is 0 Å². The van der Waals surface area contributed by atoms with Gasteiger partial charge in [-0.25, -0.2) is 0 Å². The van der Waals surface area contributed by atoms with E-state index in [1.165, 1.54) is 0 Å². The molecule has 1 rings (SSSR count). The molecule has 0 unspecified atom stereocenters. The summed E-state index contributed by atoms with van der Waals surface area (Å²) in [6.07, 6.45) is 1.04. The molecule has 0 saturated carbocycles. The molecule has 0 aromatic heterocycles. The first-order valence-electron chi connectivity index (χ1n) is 4.23. The van der Waals surface area contributed by atoms with E-state index in [2.05, 4.69) is 24.5 Å². The number of amides is 1. The van der Waals surface area contributed by atoms with Gasteiger partial charge in [0, 0.05) is 6.54 Å². The highest BCUT2D eigenvalue weighted by Crippen LogP contribution is 2.03. The van der Waals surface area contributed by atoms with Crippen LogP contribution in [0.2, 0.25) is 0 Å². The first kappa shape index (κ1) is 8.53. The minimum Gasteiger partial charge on any atom is -0.355 e. The van der Waals surface area contributed by atoms with Gasteiger partial charge >= 0.3 is 0 Å². The molecule has 1 saturated heterocycles. The van der Waals surface area contributed by atoms with Crippen molar-refractivity contribution >= 4 is 5.91 Å². The molecule has 3 nitrogen and oxygen atoms in total. The average molecular weight is 156 g/mol. The predicted molar refractivity (Wildman–Crippen MR) is 44.3 cm³/mol. The molecule has 1 aliphatic heterocycles. The lowest BCUT2D eigenvalue weighted by Gasteiger charge is -2.17. The summed E-state index contributed by atoms with van der Waals surface area (Å²) in [6.45, 7) is 5.88. The zero-order valence-corrected chi connectivity index (χ0v) is 7.18. The van der Waals surface area contributed by atoms with Crippen LogP contribution in [0.5, 0.6) is 0 Å². The Bertz CT molecular complexity index is 145. The standard InChI is InChI=1S/C8H16N2O/c1-6(2)7-8(11)10-5-3-4-9-7/h6-7,9H,3-5H2,1-2H3,(H,10,11)/t7-/m1/s1. The molecule has 3 heteroatoms. The summed E-state index contributed by atoms with van der Waals surface area (Å²) in [5.41, 5.74) is 0. The lowest BCUT2D eigenvalue weighted by Crippen LogP contribution is -2.44. The number of nitrogens with one attached hydrogen (secondary N) is 2. The van der Waals surface area contributed by atoms with Crippen molar-refractivity contribution < 1.29 is 4.79 Å². The van der Waals surface area contributed by atoms with Gasteiger partial charge in [0.15, 0.2) is 0 Å². The number of hydrogen-bond donors (Lipinski definition) is 2. The van der Waals surface area contributed by atoms with E-state index in [0.29, 0.717) is 5.92 Å². The Labute approximate surface area is 67.5 Å². The quantitative estimate of drug-likeness (QED) is 0.566. The van der Waals surface area contributed by atoms with E-state index in [-0.39, 0.29) is 11.9 Å². The number of carbonyl (C=O) groups is 1. The Morgan fingerprint density at radius 2 is 2.18 bits per heavy atom. The summed E-state index contributed by atoms with van der Waals surface area (Å²) in [5.74, 6) is 0.533. The van der Waals surface area contributed by atoms with E-state index < -0.39 is 0 Å². The maximum Gasteiger partial charge on any atom is 0.237 e. The lowest BCUT2D eigenvalue weighted by atomic mass is 10.0. The van der Waals surface area contributed by atoms with Gasteiger partial charge < -0.3 is 10.6 Å². The smallest absolute Gasteiger partial charge is 0.237 e. The van der Waals surface area contributed by atoms with Crippen LogP contribution in [0.4, 0.5) is 0 Å². The van der Waals surface area contributed by atoms with Gasteiger partial charge in [0.1, 0.15) is 0 Å². The Morgan fingerprint density at radius 3 is 2.82 bits per heavy atom. The van der Waals surface area contributed by atoms with Crippen LogP contribution in [-0.4, -0.2) is 25.0 Å². The topological polar surface area (TPSA) is 41.1 Å². The van der Waals surface area contributed by atoms with Gasteiger partial charge in [0.2, 0.25) is 5.91 Å². The van der Waals surface area contributed by atoms with Crippen LogP contribution in [0.15, 0.2) is 0 Å². The van der Waals surface area contributed by atoms with Crippen molar-refractivity contribution in [3.05, 3.63) is 0 Å². The third-order valence-electron chi connectivity index (χ3n) is 1.97. The number of rotatable bonds is 1. The highest BCUT2D eigenvalue weighted by Gasteiger charge is 2.22. The molecule has 1 amide bonds. The summed E-state index contributed by atoms with van der Waals surface area (Å²) in [7, 11) is 0. The Hall–Kier alpha value is -0.570. The number of hydrogen-bond acceptors (Lipinski definition) is 2. The molecule has 0 aromatic rings. The van der Waals surface area contributed by atoms with Gasteiger partial charge in [-0.05, 0) is 18.9 Å². The molecule has 0 radical (unpaired) electrons. The third-order valence-corrected chi connectivity index (χ3v) is 1.97.